The highest BCUT2D eigenvalue weighted by Crippen LogP contribution is 2.24. The molecule has 0 aliphatic heterocycles. The molecule has 6 heteroatoms. The number of carbonyl (C=O) groups is 1. The summed E-state index contributed by atoms with van der Waals surface area (Å²) in [6, 6.07) is 5.75. The maximum absolute atomic E-state index is 12.4. The lowest BCUT2D eigenvalue weighted by atomic mass is 10.1. The molecule has 3 heterocycles. The lowest BCUT2D eigenvalue weighted by molar-refractivity contribution is 0.0940. The molecule has 3 rings (SSSR count). The normalized spacial score (nSPS) is 12.7. The van der Waals surface area contributed by atoms with Crippen LogP contribution in [0, 0.1) is 0 Å². The zero-order valence-corrected chi connectivity index (χ0v) is 13.5. The van der Waals surface area contributed by atoms with Crippen LogP contribution in [0.25, 0.3) is 11.1 Å². The summed E-state index contributed by atoms with van der Waals surface area (Å²) < 4.78 is 5.19. The van der Waals surface area contributed by atoms with Crippen LogP contribution in [0.5, 0.6) is 0 Å². The van der Waals surface area contributed by atoms with Crippen LogP contribution in [0.15, 0.2) is 34.3 Å². The molecule has 3 aromatic rings. The first kappa shape index (κ1) is 14.7. The molecule has 0 saturated heterocycles. The summed E-state index contributed by atoms with van der Waals surface area (Å²) >= 11 is 1.62. The first-order valence-corrected chi connectivity index (χ1v) is 8.04. The van der Waals surface area contributed by atoms with Gasteiger partial charge in [0.1, 0.15) is 0 Å². The third kappa shape index (κ3) is 2.74. The number of pyridine rings is 1. The molecule has 0 spiro atoms. The Bertz CT molecular complexity index is 793. The van der Waals surface area contributed by atoms with Crippen LogP contribution in [0.1, 0.15) is 53.7 Å². The molecule has 0 fully saturated rings. The van der Waals surface area contributed by atoms with Crippen LogP contribution in [0.2, 0.25) is 0 Å². The van der Waals surface area contributed by atoms with Gasteiger partial charge in [-0.1, -0.05) is 25.1 Å². The molecule has 0 aliphatic carbocycles. The highest BCUT2D eigenvalue weighted by molar-refractivity contribution is 7.10. The van der Waals surface area contributed by atoms with E-state index in [2.05, 4.69) is 15.5 Å². The summed E-state index contributed by atoms with van der Waals surface area (Å²) in [6.07, 6.45) is 1.52. The fraction of sp³-hybridized carbons (Fsp3) is 0.312. The number of carbonyl (C=O) groups excluding carboxylic acids is 1. The van der Waals surface area contributed by atoms with Gasteiger partial charge >= 0.3 is 0 Å². The summed E-state index contributed by atoms with van der Waals surface area (Å²) in [5.41, 5.74) is 1.80. The molecule has 0 radical (unpaired) electrons. The third-order valence-corrected chi connectivity index (χ3v) is 4.54. The van der Waals surface area contributed by atoms with E-state index in [0.717, 1.165) is 16.0 Å². The van der Waals surface area contributed by atoms with Gasteiger partial charge in [-0.3, -0.25) is 4.79 Å². The second kappa shape index (κ2) is 5.88. The average Bonchev–Trinajstić information content (AvgIpc) is 3.15. The molecule has 1 amide bonds. The fourth-order valence-corrected chi connectivity index (χ4v) is 3.01. The number of fused-ring (bicyclic) bond motifs is 1. The van der Waals surface area contributed by atoms with E-state index in [9.17, 15) is 4.79 Å². The molecule has 3 aromatic heterocycles. The lowest BCUT2D eigenvalue weighted by Gasteiger charge is -2.12. The number of hydrogen-bond acceptors (Lipinski definition) is 5. The van der Waals surface area contributed by atoms with E-state index >= 15 is 0 Å². The van der Waals surface area contributed by atoms with Gasteiger partial charge in [0.25, 0.3) is 11.6 Å². The second-order valence-corrected chi connectivity index (χ2v) is 6.49. The van der Waals surface area contributed by atoms with Crippen molar-refractivity contribution in [2.45, 2.75) is 32.7 Å². The lowest BCUT2D eigenvalue weighted by Crippen LogP contribution is -2.26. The predicted molar refractivity (Wildman–Crippen MR) is 86.1 cm³/mol. The monoisotopic (exact) mass is 315 g/mol. The smallest absolute Gasteiger partial charge is 0.257 e. The van der Waals surface area contributed by atoms with Crippen molar-refractivity contribution in [1.29, 1.82) is 0 Å². The Morgan fingerprint density at radius 1 is 1.36 bits per heavy atom. The minimum absolute atomic E-state index is 0.0322. The summed E-state index contributed by atoms with van der Waals surface area (Å²) in [6.45, 7) is 6.03. The Labute approximate surface area is 132 Å². The zero-order chi connectivity index (χ0) is 15.7. The maximum Gasteiger partial charge on any atom is 0.257 e. The van der Waals surface area contributed by atoms with Gasteiger partial charge in [0.15, 0.2) is 0 Å². The molecule has 0 saturated carbocycles. The van der Waals surface area contributed by atoms with E-state index in [1.807, 2.05) is 38.3 Å². The molecule has 0 aliphatic rings. The molecule has 0 bridgehead atoms. The number of hydrogen-bond donors (Lipinski definition) is 1. The van der Waals surface area contributed by atoms with Crippen LogP contribution >= 0.6 is 11.3 Å². The van der Waals surface area contributed by atoms with Crippen LogP contribution < -0.4 is 5.32 Å². The van der Waals surface area contributed by atoms with E-state index in [1.165, 1.54) is 6.20 Å². The Morgan fingerprint density at radius 3 is 2.86 bits per heavy atom. The number of nitrogens with one attached hydrogen (secondary N) is 1. The number of thiophene rings is 1. The average molecular weight is 315 g/mol. The second-order valence-electron chi connectivity index (χ2n) is 5.51. The van der Waals surface area contributed by atoms with Crippen LogP contribution in [-0.2, 0) is 0 Å². The standard InChI is InChI=1S/C16H17N3O2S/c1-9(2)14-12-7-11(8-17-16(12)21-19-14)15(20)18-10(3)13-5-4-6-22-13/h4-10H,1-3H3,(H,18,20)/t10-/m1/s1. The minimum Gasteiger partial charge on any atom is -0.345 e. The summed E-state index contributed by atoms with van der Waals surface area (Å²) in [5.74, 6) is 0.0672. The number of aromatic nitrogens is 2. The molecule has 114 valence electrons. The van der Waals surface area contributed by atoms with Gasteiger partial charge in [0.05, 0.1) is 22.7 Å². The predicted octanol–water partition coefficient (Wildman–Crippen LogP) is 3.90. The Morgan fingerprint density at radius 2 is 2.18 bits per heavy atom. The van der Waals surface area contributed by atoms with Gasteiger partial charge in [0.2, 0.25) is 0 Å². The minimum atomic E-state index is -0.147. The summed E-state index contributed by atoms with van der Waals surface area (Å²) in [4.78, 5) is 17.7. The van der Waals surface area contributed by atoms with E-state index in [0.29, 0.717) is 11.3 Å². The molecular formula is C16H17N3O2S. The molecular weight excluding hydrogens is 298 g/mol. The highest BCUT2D eigenvalue weighted by Gasteiger charge is 2.17. The van der Waals surface area contributed by atoms with E-state index in [4.69, 9.17) is 4.52 Å². The van der Waals surface area contributed by atoms with Crippen molar-refractivity contribution in [3.63, 3.8) is 0 Å². The maximum atomic E-state index is 12.4. The number of rotatable bonds is 4. The van der Waals surface area contributed by atoms with Crippen molar-refractivity contribution in [3.05, 3.63) is 45.9 Å². The van der Waals surface area contributed by atoms with E-state index < -0.39 is 0 Å². The van der Waals surface area contributed by atoms with Crippen molar-refractivity contribution in [3.8, 4) is 0 Å². The van der Waals surface area contributed by atoms with Gasteiger partial charge < -0.3 is 9.84 Å². The fourth-order valence-electron chi connectivity index (χ4n) is 2.28. The van der Waals surface area contributed by atoms with Gasteiger partial charge in [-0.05, 0) is 30.4 Å². The van der Waals surface area contributed by atoms with Crippen LogP contribution in [0.4, 0.5) is 0 Å². The third-order valence-electron chi connectivity index (χ3n) is 3.48. The van der Waals surface area contributed by atoms with Crippen molar-refractivity contribution < 1.29 is 9.32 Å². The Hall–Kier alpha value is -2.21. The van der Waals surface area contributed by atoms with Gasteiger partial charge in [-0.25, -0.2) is 4.98 Å². The van der Waals surface area contributed by atoms with Gasteiger partial charge in [0, 0.05) is 11.1 Å². The first-order valence-electron chi connectivity index (χ1n) is 7.16. The first-order chi connectivity index (χ1) is 10.6. The quantitative estimate of drug-likeness (QED) is 0.793. The molecule has 1 N–H and O–H groups in total. The van der Waals surface area contributed by atoms with Crippen LogP contribution in [-0.4, -0.2) is 16.0 Å². The van der Waals surface area contributed by atoms with Crippen molar-refractivity contribution in [2.24, 2.45) is 0 Å². The van der Waals surface area contributed by atoms with Crippen LogP contribution in [0.3, 0.4) is 0 Å². The zero-order valence-electron chi connectivity index (χ0n) is 12.7. The topological polar surface area (TPSA) is 68.0 Å². The molecule has 5 nitrogen and oxygen atoms in total. The Balaban J connectivity index is 1.86. The molecule has 0 unspecified atom stereocenters. The van der Waals surface area contributed by atoms with E-state index in [1.54, 1.807) is 17.4 Å². The van der Waals surface area contributed by atoms with Crippen molar-refractivity contribution in [1.82, 2.24) is 15.5 Å². The largest absolute Gasteiger partial charge is 0.345 e. The molecule has 1 atom stereocenters. The molecule has 0 aromatic carbocycles. The number of amides is 1. The van der Waals surface area contributed by atoms with Crippen molar-refractivity contribution in [2.75, 3.05) is 0 Å². The Kier molecular flexibility index (Phi) is 3.94. The SMILES string of the molecule is CC(C)c1noc2ncc(C(=O)N[C@H](C)c3cccs3)cc12. The van der Waals surface area contributed by atoms with Gasteiger partial charge in [-0.15, -0.1) is 11.3 Å². The number of nitrogens with zero attached hydrogens (tertiary/aromatic N) is 2. The summed E-state index contributed by atoms with van der Waals surface area (Å²) in [5, 5.41) is 9.81. The van der Waals surface area contributed by atoms with E-state index in [-0.39, 0.29) is 17.9 Å². The highest BCUT2D eigenvalue weighted by atomic mass is 32.1. The molecule has 22 heavy (non-hydrogen) atoms. The summed E-state index contributed by atoms with van der Waals surface area (Å²) in [7, 11) is 0. The van der Waals surface area contributed by atoms with Gasteiger partial charge in [-0.2, -0.15) is 0 Å². The van der Waals surface area contributed by atoms with Crippen molar-refractivity contribution >= 4 is 28.3 Å².